The van der Waals surface area contributed by atoms with Gasteiger partial charge in [0.15, 0.2) is 5.16 Å². The third-order valence-electron chi connectivity index (χ3n) is 3.63. The van der Waals surface area contributed by atoms with Crippen LogP contribution in [0, 0.1) is 10.1 Å². The Kier molecular flexibility index (Phi) is 4.28. The largest absolute Gasteiger partial charge is 0.315 e. The number of rotatable bonds is 6. The Hall–Kier alpha value is -2.42. The van der Waals surface area contributed by atoms with E-state index in [1.165, 1.54) is 28.8 Å². The summed E-state index contributed by atoms with van der Waals surface area (Å²) >= 11 is 1.35. The quantitative estimate of drug-likeness (QED) is 0.457. The van der Waals surface area contributed by atoms with Gasteiger partial charge in [0, 0.05) is 30.9 Å². The first-order valence-electron chi connectivity index (χ1n) is 7.09. The lowest BCUT2D eigenvalue weighted by molar-refractivity contribution is -0.384. The monoisotopic (exact) mass is 333 g/mol. The number of anilines is 1. The highest BCUT2D eigenvalue weighted by Gasteiger charge is 2.26. The van der Waals surface area contributed by atoms with E-state index in [4.69, 9.17) is 0 Å². The van der Waals surface area contributed by atoms with Crippen LogP contribution in [-0.4, -0.2) is 38.4 Å². The van der Waals surface area contributed by atoms with Crippen LogP contribution in [0.4, 0.5) is 11.4 Å². The number of hydrogen-bond donors (Lipinski definition) is 0. The predicted octanol–water partition coefficient (Wildman–Crippen LogP) is 2.28. The van der Waals surface area contributed by atoms with Crippen LogP contribution >= 0.6 is 11.8 Å². The molecule has 3 rings (SSSR count). The van der Waals surface area contributed by atoms with Gasteiger partial charge in [-0.05, 0) is 25.0 Å². The van der Waals surface area contributed by atoms with Crippen LogP contribution in [-0.2, 0) is 4.79 Å². The van der Waals surface area contributed by atoms with E-state index >= 15 is 0 Å². The Labute approximate surface area is 136 Å². The van der Waals surface area contributed by atoms with Crippen LogP contribution in [0.3, 0.4) is 0 Å². The van der Waals surface area contributed by atoms with Crippen LogP contribution in [0.25, 0.3) is 0 Å². The molecule has 1 saturated carbocycles. The van der Waals surface area contributed by atoms with Crippen molar-refractivity contribution < 1.29 is 9.72 Å². The van der Waals surface area contributed by atoms with Crippen molar-refractivity contribution in [1.82, 2.24) is 14.8 Å². The minimum absolute atomic E-state index is 0.00140. The molecule has 23 heavy (non-hydrogen) atoms. The van der Waals surface area contributed by atoms with E-state index < -0.39 is 4.92 Å². The number of hydrogen-bond acceptors (Lipinski definition) is 6. The Bertz CT molecular complexity index is 726. The summed E-state index contributed by atoms with van der Waals surface area (Å²) in [5.41, 5.74) is 0.617. The van der Waals surface area contributed by atoms with E-state index in [0.29, 0.717) is 11.7 Å². The van der Waals surface area contributed by atoms with Gasteiger partial charge in [-0.3, -0.25) is 14.9 Å². The fourth-order valence-corrected chi connectivity index (χ4v) is 3.00. The number of nitro groups is 1. The average Bonchev–Trinajstić information content (AvgIpc) is 3.30. The topological polar surface area (TPSA) is 94.2 Å². The van der Waals surface area contributed by atoms with E-state index in [2.05, 4.69) is 10.2 Å². The number of thioether (sulfide) groups is 1. The summed E-state index contributed by atoms with van der Waals surface area (Å²) in [7, 11) is 1.65. The molecular weight excluding hydrogens is 318 g/mol. The number of non-ortho nitro benzene ring substituents is 1. The number of nitro benzene ring substituents is 1. The first-order valence-corrected chi connectivity index (χ1v) is 8.08. The molecule has 0 atom stereocenters. The number of carbonyl (C=O) groups excluding carboxylic acids is 1. The zero-order valence-electron chi connectivity index (χ0n) is 12.5. The minimum atomic E-state index is -0.466. The van der Waals surface area contributed by atoms with Crippen LogP contribution in [0.2, 0.25) is 0 Å². The average molecular weight is 333 g/mol. The Morgan fingerprint density at radius 3 is 2.74 bits per heavy atom. The Morgan fingerprint density at radius 1 is 1.43 bits per heavy atom. The van der Waals surface area contributed by atoms with Crippen molar-refractivity contribution in [3.05, 3.63) is 40.7 Å². The van der Waals surface area contributed by atoms with E-state index in [0.717, 1.165) is 18.0 Å². The SMILES string of the molecule is CN(C(=O)CSc1nncn1C1CC1)c1ccc([N+](=O)[O-])cc1. The first-order chi connectivity index (χ1) is 11.1. The highest BCUT2D eigenvalue weighted by molar-refractivity contribution is 7.99. The van der Waals surface area contributed by atoms with Crippen molar-refractivity contribution >= 4 is 29.0 Å². The molecule has 120 valence electrons. The molecule has 1 fully saturated rings. The van der Waals surface area contributed by atoms with Gasteiger partial charge in [0.2, 0.25) is 5.91 Å². The molecule has 1 amide bonds. The molecule has 9 heteroatoms. The lowest BCUT2D eigenvalue weighted by atomic mass is 10.2. The zero-order chi connectivity index (χ0) is 16.4. The molecule has 1 aliphatic rings. The summed E-state index contributed by atoms with van der Waals surface area (Å²) in [6.07, 6.45) is 3.95. The molecular formula is C14H15N5O3S. The summed E-state index contributed by atoms with van der Waals surface area (Å²) in [5, 5.41) is 19.3. The molecule has 0 saturated heterocycles. The van der Waals surface area contributed by atoms with Crippen LogP contribution in [0.15, 0.2) is 35.7 Å². The molecule has 0 bridgehead atoms. The summed E-state index contributed by atoms with van der Waals surface area (Å²) in [6, 6.07) is 6.36. The lowest BCUT2D eigenvalue weighted by Crippen LogP contribution is -2.28. The number of amides is 1. The summed E-state index contributed by atoms with van der Waals surface area (Å²) in [4.78, 5) is 23.9. The first kappa shape index (κ1) is 15.5. The molecule has 1 aromatic carbocycles. The molecule has 0 aliphatic heterocycles. The molecule has 0 N–H and O–H groups in total. The van der Waals surface area contributed by atoms with Crippen LogP contribution < -0.4 is 4.90 Å². The van der Waals surface area contributed by atoms with Gasteiger partial charge in [-0.1, -0.05) is 11.8 Å². The second-order valence-corrected chi connectivity index (χ2v) is 6.21. The molecule has 1 aromatic heterocycles. The van der Waals surface area contributed by atoms with Gasteiger partial charge in [0.1, 0.15) is 6.33 Å². The maximum atomic E-state index is 12.3. The molecule has 0 radical (unpaired) electrons. The molecule has 2 aromatic rings. The maximum Gasteiger partial charge on any atom is 0.269 e. The lowest BCUT2D eigenvalue weighted by Gasteiger charge is -2.16. The van der Waals surface area contributed by atoms with Crippen LogP contribution in [0.5, 0.6) is 0 Å². The van der Waals surface area contributed by atoms with Crippen molar-refractivity contribution in [2.24, 2.45) is 0 Å². The number of aromatic nitrogens is 3. The van der Waals surface area contributed by atoms with Crippen molar-refractivity contribution in [1.29, 1.82) is 0 Å². The fourth-order valence-electron chi connectivity index (χ4n) is 2.10. The Morgan fingerprint density at radius 2 is 2.13 bits per heavy atom. The van der Waals surface area contributed by atoms with Gasteiger partial charge >= 0.3 is 0 Å². The second-order valence-electron chi connectivity index (χ2n) is 5.27. The fraction of sp³-hybridized carbons (Fsp3) is 0.357. The Balaban J connectivity index is 1.60. The van der Waals surface area contributed by atoms with Gasteiger partial charge in [-0.25, -0.2) is 0 Å². The van der Waals surface area contributed by atoms with Gasteiger partial charge in [0.05, 0.1) is 10.7 Å². The highest BCUT2D eigenvalue weighted by Crippen LogP contribution is 2.37. The molecule has 0 unspecified atom stereocenters. The van der Waals surface area contributed by atoms with Gasteiger partial charge < -0.3 is 9.47 Å². The van der Waals surface area contributed by atoms with Crippen LogP contribution in [0.1, 0.15) is 18.9 Å². The van der Waals surface area contributed by atoms with Crippen molar-refractivity contribution in [2.75, 3.05) is 17.7 Å². The highest BCUT2D eigenvalue weighted by atomic mass is 32.2. The molecule has 8 nitrogen and oxygen atoms in total. The van der Waals surface area contributed by atoms with Crippen molar-refractivity contribution in [3.8, 4) is 0 Å². The van der Waals surface area contributed by atoms with Crippen molar-refractivity contribution in [2.45, 2.75) is 24.0 Å². The standard InChI is InChI=1S/C14H15N5O3S/c1-17(10-2-6-12(7-3-10)19(21)22)13(20)8-23-14-16-15-9-18(14)11-4-5-11/h2-3,6-7,9,11H,4-5,8H2,1H3. The maximum absolute atomic E-state index is 12.3. The smallest absolute Gasteiger partial charge is 0.269 e. The van der Waals surface area contributed by atoms with E-state index in [1.807, 2.05) is 4.57 Å². The summed E-state index contributed by atoms with van der Waals surface area (Å²) in [5.74, 6) is 0.132. The normalized spacial score (nSPS) is 13.8. The van der Waals surface area contributed by atoms with Gasteiger partial charge in [-0.2, -0.15) is 0 Å². The van der Waals surface area contributed by atoms with E-state index in [9.17, 15) is 14.9 Å². The molecule has 1 aliphatic carbocycles. The van der Waals surface area contributed by atoms with Crippen molar-refractivity contribution in [3.63, 3.8) is 0 Å². The number of carbonyl (C=O) groups is 1. The third-order valence-corrected chi connectivity index (χ3v) is 4.57. The van der Waals surface area contributed by atoms with E-state index in [-0.39, 0.29) is 17.3 Å². The summed E-state index contributed by atoms with van der Waals surface area (Å²) < 4.78 is 2.00. The second kappa shape index (κ2) is 6.37. The van der Waals surface area contributed by atoms with Gasteiger partial charge in [-0.15, -0.1) is 10.2 Å². The molecule has 1 heterocycles. The number of benzene rings is 1. The van der Waals surface area contributed by atoms with E-state index in [1.54, 1.807) is 25.5 Å². The predicted molar refractivity (Wildman–Crippen MR) is 85.5 cm³/mol. The number of nitrogens with zero attached hydrogens (tertiary/aromatic N) is 5. The third kappa shape index (κ3) is 3.50. The zero-order valence-corrected chi connectivity index (χ0v) is 13.3. The van der Waals surface area contributed by atoms with Gasteiger partial charge in [0.25, 0.3) is 5.69 Å². The summed E-state index contributed by atoms with van der Waals surface area (Å²) in [6.45, 7) is 0. The molecule has 0 spiro atoms. The minimum Gasteiger partial charge on any atom is -0.315 e.